The molecule has 4 atom stereocenters. The van der Waals surface area contributed by atoms with Crippen LogP contribution in [0.4, 0.5) is 0 Å². The van der Waals surface area contributed by atoms with Crippen LogP contribution in [-0.4, -0.2) is 92.7 Å². The van der Waals surface area contributed by atoms with Crippen LogP contribution < -0.4 is 27.4 Å². The van der Waals surface area contributed by atoms with Gasteiger partial charge in [-0.25, -0.2) is 4.79 Å². The van der Waals surface area contributed by atoms with Gasteiger partial charge in [0.15, 0.2) is 0 Å². The lowest BCUT2D eigenvalue weighted by Crippen LogP contribution is -2.58. The number of aliphatic hydroxyl groups is 1. The van der Waals surface area contributed by atoms with Crippen LogP contribution >= 0.6 is 0 Å². The van der Waals surface area contributed by atoms with E-state index in [2.05, 4.69) is 5.32 Å². The summed E-state index contributed by atoms with van der Waals surface area (Å²) in [6.45, 7) is -1.02. The molecule has 0 heterocycles. The molecule has 0 spiro atoms. The van der Waals surface area contributed by atoms with Crippen molar-refractivity contribution in [3.8, 4) is 0 Å². The Labute approximate surface area is 186 Å². The highest BCUT2D eigenvalue weighted by molar-refractivity contribution is 5.96. The highest BCUT2D eigenvalue weighted by Crippen LogP contribution is 2.02. The zero-order valence-electron chi connectivity index (χ0n) is 17.4. The van der Waals surface area contributed by atoms with Crippen LogP contribution in [0.5, 0.6) is 0 Å². The maximum absolute atomic E-state index is 12.5. The summed E-state index contributed by atoms with van der Waals surface area (Å²) in [5.74, 6) is -8.42. The topological polar surface area (TPSA) is 289 Å². The highest BCUT2D eigenvalue weighted by Gasteiger charge is 2.31. The number of primary amides is 1. The molecule has 16 heteroatoms. The number of hydrogen-bond donors (Lipinski definition) is 9. The van der Waals surface area contributed by atoms with Crippen LogP contribution in [0, 0.1) is 0 Å². The van der Waals surface area contributed by atoms with E-state index in [4.69, 9.17) is 26.8 Å². The van der Waals surface area contributed by atoms with E-state index in [9.17, 15) is 38.7 Å². The molecule has 0 rings (SSSR count). The van der Waals surface area contributed by atoms with Gasteiger partial charge in [-0.15, -0.1) is 0 Å². The Balaban J connectivity index is 5.24. The first-order valence-corrected chi connectivity index (χ1v) is 9.50. The quantitative estimate of drug-likeness (QED) is 0.101. The van der Waals surface area contributed by atoms with E-state index in [1.54, 1.807) is 0 Å². The van der Waals surface area contributed by atoms with E-state index in [0.29, 0.717) is 0 Å². The van der Waals surface area contributed by atoms with Gasteiger partial charge in [-0.05, 0) is 12.8 Å². The molecule has 186 valence electrons. The molecule has 11 N–H and O–H groups in total. The zero-order chi connectivity index (χ0) is 25.7. The minimum absolute atomic E-state index is 0.277. The largest absolute Gasteiger partial charge is 0.481 e. The minimum atomic E-state index is -1.72. The summed E-state index contributed by atoms with van der Waals surface area (Å²) in [7, 11) is 0. The van der Waals surface area contributed by atoms with Gasteiger partial charge in [-0.3, -0.25) is 28.8 Å². The van der Waals surface area contributed by atoms with Crippen molar-refractivity contribution in [1.82, 2.24) is 16.0 Å². The summed E-state index contributed by atoms with van der Waals surface area (Å²) in [6, 6.07) is -6.34. The summed E-state index contributed by atoms with van der Waals surface area (Å²) in [5.41, 5.74) is 10.6. The fourth-order valence-electron chi connectivity index (χ4n) is 2.36. The van der Waals surface area contributed by atoms with Gasteiger partial charge in [0.05, 0.1) is 19.1 Å². The SMILES string of the molecule is NC(=O)CC(NC(=O)C(N)CCC(=O)O)C(=O)NC(CO)C(=O)NC(CCC(=O)O)C(=O)O. The number of carbonyl (C=O) groups excluding carboxylic acids is 4. The molecule has 0 aliphatic heterocycles. The number of carbonyl (C=O) groups is 7. The van der Waals surface area contributed by atoms with Gasteiger partial charge >= 0.3 is 17.9 Å². The molecule has 0 aliphatic carbocycles. The number of amides is 4. The van der Waals surface area contributed by atoms with E-state index in [1.165, 1.54) is 0 Å². The fraction of sp³-hybridized carbons (Fsp3) is 0.588. The van der Waals surface area contributed by atoms with E-state index in [-0.39, 0.29) is 6.42 Å². The molecule has 4 unspecified atom stereocenters. The first-order valence-electron chi connectivity index (χ1n) is 9.50. The van der Waals surface area contributed by atoms with Crippen molar-refractivity contribution in [2.75, 3.05) is 6.61 Å². The van der Waals surface area contributed by atoms with Gasteiger partial charge in [0.1, 0.15) is 18.1 Å². The molecular formula is C17H27N5O11. The second-order valence-corrected chi connectivity index (χ2v) is 6.85. The monoisotopic (exact) mass is 477 g/mol. The van der Waals surface area contributed by atoms with Crippen molar-refractivity contribution in [2.45, 2.75) is 56.3 Å². The first kappa shape index (κ1) is 29.2. The van der Waals surface area contributed by atoms with Crippen molar-refractivity contribution >= 4 is 41.5 Å². The smallest absolute Gasteiger partial charge is 0.326 e. The van der Waals surface area contributed by atoms with Crippen LogP contribution in [-0.2, 0) is 33.6 Å². The molecule has 33 heavy (non-hydrogen) atoms. The Morgan fingerprint density at radius 2 is 1.15 bits per heavy atom. The third-order valence-electron chi connectivity index (χ3n) is 4.12. The molecule has 0 aromatic carbocycles. The van der Waals surface area contributed by atoms with Crippen molar-refractivity contribution in [3.63, 3.8) is 0 Å². The number of nitrogens with one attached hydrogen (secondary N) is 3. The summed E-state index contributed by atoms with van der Waals surface area (Å²) in [5, 5.41) is 41.8. The molecule has 0 aromatic heterocycles. The van der Waals surface area contributed by atoms with Crippen molar-refractivity contribution in [1.29, 1.82) is 0 Å². The fourth-order valence-corrected chi connectivity index (χ4v) is 2.36. The number of carboxylic acid groups (broad SMARTS) is 3. The normalized spacial score (nSPS) is 14.1. The Bertz CT molecular complexity index is 772. The maximum atomic E-state index is 12.5. The number of rotatable bonds is 16. The third-order valence-corrected chi connectivity index (χ3v) is 4.12. The molecule has 0 radical (unpaired) electrons. The van der Waals surface area contributed by atoms with E-state index in [1.807, 2.05) is 10.6 Å². The lowest BCUT2D eigenvalue weighted by Gasteiger charge is -2.23. The molecule has 0 saturated carbocycles. The zero-order valence-corrected chi connectivity index (χ0v) is 17.4. The van der Waals surface area contributed by atoms with Crippen molar-refractivity contribution in [2.24, 2.45) is 11.5 Å². The summed E-state index contributed by atoms with van der Waals surface area (Å²) >= 11 is 0. The predicted octanol–water partition coefficient (Wildman–Crippen LogP) is -4.55. The number of carboxylic acids is 3. The second-order valence-electron chi connectivity index (χ2n) is 6.85. The van der Waals surface area contributed by atoms with Crippen molar-refractivity contribution in [3.05, 3.63) is 0 Å². The molecule has 0 saturated heterocycles. The van der Waals surface area contributed by atoms with Gasteiger partial charge in [0.25, 0.3) is 0 Å². The van der Waals surface area contributed by atoms with Crippen LogP contribution in [0.3, 0.4) is 0 Å². The van der Waals surface area contributed by atoms with E-state index < -0.39 is 98.0 Å². The molecule has 16 nitrogen and oxygen atoms in total. The summed E-state index contributed by atoms with van der Waals surface area (Å²) in [6.07, 6.45) is -2.51. The summed E-state index contributed by atoms with van der Waals surface area (Å²) < 4.78 is 0. The average Bonchev–Trinajstić information content (AvgIpc) is 2.71. The van der Waals surface area contributed by atoms with Gasteiger partial charge in [0.2, 0.25) is 23.6 Å². The van der Waals surface area contributed by atoms with Gasteiger partial charge in [-0.2, -0.15) is 0 Å². The molecule has 0 fully saturated rings. The highest BCUT2D eigenvalue weighted by atomic mass is 16.4. The van der Waals surface area contributed by atoms with Crippen LogP contribution in [0.1, 0.15) is 32.1 Å². The van der Waals surface area contributed by atoms with Gasteiger partial charge in [-0.1, -0.05) is 0 Å². The van der Waals surface area contributed by atoms with Crippen molar-refractivity contribution < 1.29 is 54.0 Å². The number of aliphatic carboxylic acids is 3. The van der Waals surface area contributed by atoms with E-state index >= 15 is 0 Å². The second kappa shape index (κ2) is 14.3. The van der Waals surface area contributed by atoms with Crippen LogP contribution in [0.25, 0.3) is 0 Å². The Hall–Kier alpha value is -3.79. The summed E-state index contributed by atoms with van der Waals surface area (Å²) in [4.78, 5) is 80.4. The number of aliphatic hydroxyl groups excluding tert-OH is 1. The standard InChI is InChI=1S/C17H27N5O11/c18-7(1-3-12(25)26)14(29)21-9(5-11(19)24)15(30)22-10(6-23)16(31)20-8(17(32)33)2-4-13(27)28/h7-10,23H,1-6,18H2,(H2,19,24)(H,20,31)(H,21,29)(H,22,30)(H,25,26)(H,27,28)(H,32,33). The molecule has 0 aromatic rings. The Kier molecular flexibility index (Phi) is 12.7. The molecule has 4 amide bonds. The molecule has 0 bridgehead atoms. The van der Waals surface area contributed by atoms with Gasteiger partial charge in [0, 0.05) is 12.8 Å². The van der Waals surface area contributed by atoms with E-state index in [0.717, 1.165) is 0 Å². The lowest BCUT2D eigenvalue weighted by molar-refractivity contribution is -0.144. The number of hydrogen-bond acceptors (Lipinski definition) is 9. The maximum Gasteiger partial charge on any atom is 0.326 e. The molecule has 0 aliphatic rings. The Morgan fingerprint density at radius 1 is 0.697 bits per heavy atom. The van der Waals surface area contributed by atoms with Crippen LogP contribution in [0.15, 0.2) is 0 Å². The van der Waals surface area contributed by atoms with Crippen LogP contribution in [0.2, 0.25) is 0 Å². The van der Waals surface area contributed by atoms with Gasteiger partial charge < -0.3 is 47.8 Å². The average molecular weight is 477 g/mol. The Morgan fingerprint density at radius 3 is 1.61 bits per heavy atom. The first-order chi connectivity index (χ1) is 15.3. The minimum Gasteiger partial charge on any atom is -0.481 e. The predicted molar refractivity (Wildman–Crippen MR) is 106 cm³/mol. The number of nitrogens with two attached hydrogens (primary N) is 2. The lowest BCUT2D eigenvalue weighted by atomic mass is 10.1. The third kappa shape index (κ3) is 12.0. The molecular weight excluding hydrogens is 450 g/mol.